The maximum atomic E-state index is 12.9. The predicted molar refractivity (Wildman–Crippen MR) is 80.4 cm³/mol. The van der Waals surface area contributed by atoms with Crippen molar-refractivity contribution in [3.05, 3.63) is 65.2 Å². The van der Waals surface area contributed by atoms with Gasteiger partial charge in [-0.25, -0.2) is 0 Å². The summed E-state index contributed by atoms with van der Waals surface area (Å²) < 4.78 is 90.0. The van der Waals surface area contributed by atoms with Gasteiger partial charge in [0, 0.05) is 17.5 Å². The SMILES string of the molecule is CP(=O)(C(=O)c1cc(C(F)(F)F)cc(C(F)(F)F)c1)c1ccccc1. The second-order valence-electron chi connectivity index (χ2n) is 5.36. The maximum Gasteiger partial charge on any atom is 0.416 e. The van der Waals surface area contributed by atoms with Crippen LogP contribution in [0.15, 0.2) is 48.5 Å². The van der Waals surface area contributed by atoms with Gasteiger partial charge in [-0.15, -0.1) is 0 Å². The summed E-state index contributed by atoms with van der Waals surface area (Å²) in [4.78, 5) is 12.4. The van der Waals surface area contributed by atoms with E-state index in [1.165, 1.54) is 24.3 Å². The van der Waals surface area contributed by atoms with Crippen LogP contribution in [0.4, 0.5) is 26.3 Å². The summed E-state index contributed by atoms with van der Waals surface area (Å²) in [6.07, 6.45) is -10.2. The van der Waals surface area contributed by atoms with Crippen molar-refractivity contribution < 1.29 is 35.7 Å². The number of alkyl halides is 6. The van der Waals surface area contributed by atoms with E-state index in [4.69, 9.17) is 0 Å². The van der Waals surface area contributed by atoms with Crippen molar-refractivity contribution in [3.63, 3.8) is 0 Å². The van der Waals surface area contributed by atoms with Crippen molar-refractivity contribution in [1.82, 2.24) is 0 Å². The van der Waals surface area contributed by atoms with E-state index in [2.05, 4.69) is 0 Å². The van der Waals surface area contributed by atoms with Crippen LogP contribution in [-0.2, 0) is 16.9 Å². The second-order valence-corrected chi connectivity index (χ2v) is 8.13. The molecule has 25 heavy (non-hydrogen) atoms. The zero-order valence-electron chi connectivity index (χ0n) is 12.7. The number of hydrogen-bond donors (Lipinski definition) is 0. The van der Waals surface area contributed by atoms with E-state index >= 15 is 0 Å². The summed E-state index contributed by atoms with van der Waals surface area (Å²) in [5.74, 6) is 0. The Balaban J connectivity index is 2.62. The van der Waals surface area contributed by atoms with Gasteiger partial charge < -0.3 is 4.57 Å². The lowest BCUT2D eigenvalue weighted by atomic mass is 10.1. The number of carbonyl (C=O) groups excluding carboxylic acids is 1. The van der Waals surface area contributed by atoms with Crippen LogP contribution in [0.2, 0.25) is 0 Å². The quantitative estimate of drug-likeness (QED) is 0.543. The van der Waals surface area contributed by atoms with Gasteiger partial charge in [0.2, 0.25) is 5.52 Å². The Bertz CT molecular complexity index is 808. The van der Waals surface area contributed by atoms with Gasteiger partial charge in [0.05, 0.1) is 11.1 Å². The Morgan fingerprint density at radius 3 is 1.68 bits per heavy atom. The van der Waals surface area contributed by atoms with Crippen molar-refractivity contribution in [3.8, 4) is 0 Å². The molecule has 1 atom stereocenters. The third-order valence-corrected chi connectivity index (χ3v) is 5.79. The lowest BCUT2D eigenvalue weighted by molar-refractivity contribution is -0.143. The number of halogens is 6. The molecule has 0 aliphatic carbocycles. The van der Waals surface area contributed by atoms with Crippen LogP contribution >= 0.6 is 7.14 Å². The monoisotopic (exact) mass is 380 g/mol. The second kappa shape index (κ2) is 6.33. The molecule has 134 valence electrons. The highest BCUT2D eigenvalue weighted by atomic mass is 31.2. The number of hydrogen-bond acceptors (Lipinski definition) is 2. The van der Waals surface area contributed by atoms with E-state index in [0.717, 1.165) is 6.66 Å². The first kappa shape index (κ1) is 19.2. The molecule has 0 saturated heterocycles. The molecule has 0 aliphatic rings. The summed E-state index contributed by atoms with van der Waals surface area (Å²) in [6.45, 7) is 1.01. The predicted octanol–water partition coefficient (Wildman–Crippen LogP) is 5.18. The summed E-state index contributed by atoms with van der Waals surface area (Å²) in [7, 11) is -3.88. The van der Waals surface area contributed by atoms with Gasteiger partial charge in [0.25, 0.3) is 0 Å². The zero-order valence-corrected chi connectivity index (χ0v) is 13.5. The van der Waals surface area contributed by atoms with Crippen molar-refractivity contribution >= 4 is 18.0 Å². The van der Waals surface area contributed by atoms with E-state index < -0.39 is 41.7 Å². The van der Waals surface area contributed by atoms with E-state index in [1.54, 1.807) is 6.07 Å². The lowest BCUT2D eigenvalue weighted by Crippen LogP contribution is -2.16. The Kier molecular flexibility index (Phi) is 4.88. The first-order chi connectivity index (χ1) is 11.3. The van der Waals surface area contributed by atoms with Crippen molar-refractivity contribution in [2.45, 2.75) is 12.4 Å². The van der Waals surface area contributed by atoms with Crippen molar-refractivity contribution in [2.75, 3.05) is 6.66 Å². The van der Waals surface area contributed by atoms with E-state index in [9.17, 15) is 35.7 Å². The van der Waals surface area contributed by atoms with Crippen molar-refractivity contribution in [1.29, 1.82) is 0 Å². The minimum Gasteiger partial charge on any atom is -0.310 e. The van der Waals surface area contributed by atoms with Gasteiger partial charge in [-0.3, -0.25) is 4.79 Å². The van der Waals surface area contributed by atoms with Gasteiger partial charge in [-0.1, -0.05) is 30.3 Å². The van der Waals surface area contributed by atoms with Crippen LogP contribution in [0.5, 0.6) is 0 Å². The smallest absolute Gasteiger partial charge is 0.310 e. The molecule has 0 aromatic heterocycles. The summed E-state index contributed by atoms with van der Waals surface area (Å²) in [6, 6.07) is 7.65. The van der Waals surface area contributed by atoms with Gasteiger partial charge >= 0.3 is 12.4 Å². The minimum absolute atomic E-state index is 0.0472. The Morgan fingerprint density at radius 1 is 0.840 bits per heavy atom. The Labute approximate surface area is 138 Å². The number of rotatable bonds is 3. The molecule has 0 bridgehead atoms. The zero-order chi connectivity index (χ0) is 19.0. The maximum absolute atomic E-state index is 12.9. The molecule has 2 nitrogen and oxygen atoms in total. The fraction of sp³-hybridized carbons (Fsp3) is 0.188. The standard InChI is InChI=1S/C16H11F6O2P/c1-25(24,13-5-3-2-4-6-13)14(23)10-7-11(15(17,18)19)9-12(8-10)16(20,21)22/h2-9H,1H3. The molecule has 0 spiro atoms. The molecule has 0 fully saturated rings. The van der Waals surface area contributed by atoms with Crippen LogP contribution in [0.3, 0.4) is 0 Å². The molecule has 1 unspecified atom stereocenters. The molecular weight excluding hydrogens is 369 g/mol. The fourth-order valence-electron chi connectivity index (χ4n) is 2.15. The molecule has 0 heterocycles. The summed E-state index contributed by atoms with van der Waals surface area (Å²) in [5, 5.41) is 0.0472. The normalized spacial score (nSPS) is 14.8. The summed E-state index contributed by atoms with van der Waals surface area (Å²) >= 11 is 0. The highest BCUT2D eigenvalue weighted by molar-refractivity contribution is 7.86. The largest absolute Gasteiger partial charge is 0.416 e. The van der Waals surface area contributed by atoms with E-state index in [0.29, 0.717) is 0 Å². The average Bonchev–Trinajstić information content (AvgIpc) is 2.53. The summed E-state index contributed by atoms with van der Waals surface area (Å²) in [5.41, 5.74) is -5.41. The number of carbonyl (C=O) groups is 1. The van der Waals surface area contributed by atoms with Crippen LogP contribution in [-0.4, -0.2) is 12.2 Å². The average molecular weight is 380 g/mol. The fourth-order valence-corrected chi connectivity index (χ4v) is 3.75. The molecule has 0 aliphatic heterocycles. The van der Waals surface area contributed by atoms with Crippen molar-refractivity contribution in [2.24, 2.45) is 0 Å². The van der Waals surface area contributed by atoms with Gasteiger partial charge in [0.1, 0.15) is 0 Å². The van der Waals surface area contributed by atoms with E-state index in [1.807, 2.05) is 0 Å². The topological polar surface area (TPSA) is 34.1 Å². The molecule has 0 amide bonds. The molecule has 9 heteroatoms. The number of benzene rings is 2. The molecule has 0 N–H and O–H groups in total. The van der Waals surface area contributed by atoms with Gasteiger partial charge in [-0.2, -0.15) is 26.3 Å². The molecule has 0 radical (unpaired) electrons. The van der Waals surface area contributed by atoms with Crippen LogP contribution in [0, 0.1) is 0 Å². The third kappa shape index (κ3) is 4.12. The molecule has 2 aromatic carbocycles. The minimum atomic E-state index is -5.08. The first-order valence-corrected chi connectivity index (χ1v) is 8.96. The van der Waals surface area contributed by atoms with E-state index in [-0.39, 0.29) is 23.5 Å². The Hall–Kier alpha value is -2.08. The first-order valence-electron chi connectivity index (χ1n) is 6.81. The van der Waals surface area contributed by atoms with Gasteiger partial charge in [-0.05, 0) is 18.2 Å². The van der Waals surface area contributed by atoms with Gasteiger partial charge in [0.15, 0.2) is 7.14 Å². The third-order valence-electron chi connectivity index (χ3n) is 3.47. The highest BCUT2D eigenvalue weighted by Crippen LogP contribution is 2.45. The Morgan fingerprint density at radius 2 is 1.28 bits per heavy atom. The molecule has 0 saturated carbocycles. The van der Waals surface area contributed by atoms with Crippen LogP contribution in [0.1, 0.15) is 21.5 Å². The van der Waals surface area contributed by atoms with Crippen LogP contribution < -0.4 is 5.30 Å². The van der Waals surface area contributed by atoms with Crippen LogP contribution in [0.25, 0.3) is 0 Å². The molecular formula is C16H11F6O2P. The highest BCUT2D eigenvalue weighted by Gasteiger charge is 2.39. The molecule has 2 aromatic rings. The lowest BCUT2D eigenvalue weighted by Gasteiger charge is -2.16. The molecule has 2 rings (SSSR count).